The van der Waals surface area contributed by atoms with Crippen LogP contribution in [-0.2, 0) is 6.54 Å². The predicted molar refractivity (Wildman–Crippen MR) is 52.3 cm³/mol. The lowest BCUT2D eigenvalue weighted by Gasteiger charge is -1.97. The Hall–Kier alpha value is -1.23. The number of hydrogen-bond acceptors (Lipinski definition) is 3. The number of rotatable bonds is 1. The van der Waals surface area contributed by atoms with Crippen molar-refractivity contribution in [2.45, 2.75) is 6.54 Å². The Morgan fingerprint density at radius 2 is 2.31 bits per heavy atom. The molecule has 1 aromatic carbocycles. The first-order chi connectivity index (χ1) is 6.18. The lowest BCUT2D eigenvalue weighted by molar-refractivity contribution is -0.384. The van der Waals surface area contributed by atoms with E-state index in [0.717, 1.165) is 15.7 Å². The highest BCUT2D eigenvalue weighted by Crippen LogP contribution is 2.25. The zero-order valence-electron chi connectivity index (χ0n) is 6.53. The summed E-state index contributed by atoms with van der Waals surface area (Å²) in [5.74, 6) is 0. The maximum absolute atomic E-state index is 10.4. The van der Waals surface area contributed by atoms with Crippen LogP contribution < -0.4 is 0 Å². The SMILES string of the molecule is O=[N+]([O-])c1ccc2c(c1)CN=C2Br. The van der Waals surface area contributed by atoms with Gasteiger partial charge in [0.2, 0.25) is 0 Å². The molecule has 0 amide bonds. The van der Waals surface area contributed by atoms with Gasteiger partial charge >= 0.3 is 0 Å². The van der Waals surface area contributed by atoms with Crippen LogP contribution in [0.2, 0.25) is 0 Å². The Morgan fingerprint density at radius 3 is 3.00 bits per heavy atom. The number of hydrogen-bond donors (Lipinski definition) is 0. The average molecular weight is 241 g/mol. The Balaban J connectivity index is 2.49. The molecule has 13 heavy (non-hydrogen) atoms. The molecule has 0 atom stereocenters. The second kappa shape index (κ2) is 2.92. The molecule has 0 saturated heterocycles. The molecule has 1 aliphatic heterocycles. The van der Waals surface area contributed by atoms with Crippen molar-refractivity contribution in [3.63, 3.8) is 0 Å². The molecule has 0 fully saturated rings. The minimum atomic E-state index is -0.396. The zero-order valence-corrected chi connectivity index (χ0v) is 8.11. The lowest BCUT2D eigenvalue weighted by Crippen LogP contribution is -1.92. The third-order valence-electron chi connectivity index (χ3n) is 1.91. The van der Waals surface area contributed by atoms with Crippen LogP contribution in [-0.4, -0.2) is 9.54 Å². The van der Waals surface area contributed by atoms with Crippen LogP contribution in [0.1, 0.15) is 11.1 Å². The van der Waals surface area contributed by atoms with Gasteiger partial charge in [-0.25, -0.2) is 0 Å². The molecule has 0 radical (unpaired) electrons. The molecule has 5 heteroatoms. The fourth-order valence-corrected chi connectivity index (χ4v) is 1.78. The van der Waals surface area contributed by atoms with Crippen molar-refractivity contribution < 1.29 is 4.92 Å². The maximum Gasteiger partial charge on any atom is 0.269 e. The highest BCUT2D eigenvalue weighted by molar-refractivity contribution is 9.18. The van der Waals surface area contributed by atoms with E-state index in [2.05, 4.69) is 20.9 Å². The van der Waals surface area contributed by atoms with E-state index in [1.165, 1.54) is 6.07 Å². The van der Waals surface area contributed by atoms with Gasteiger partial charge in [0.05, 0.1) is 11.5 Å². The molecule has 1 heterocycles. The smallest absolute Gasteiger partial charge is 0.269 e. The maximum atomic E-state index is 10.4. The van der Waals surface area contributed by atoms with Gasteiger partial charge in [0.1, 0.15) is 4.62 Å². The highest BCUT2D eigenvalue weighted by Gasteiger charge is 2.16. The van der Waals surface area contributed by atoms with Crippen molar-refractivity contribution in [3.8, 4) is 0 Å². The Kier molecular flexibility index (Phi) is 1.88. The number of non-ortho nitro benzene ring substituents is 1. The molecule has 0 saturated carbocycles. The summed E-state index contributed by atoms with van der Waals surface area (Å²) in [6, 6.07) is 4.77. The normalized spacial score (nSPS) is 13.8. The Bertz CT molecular complexity index is 415. The van der Waals surface area contributed by atoms with Crippen molar-refractivity contribution in [1.29, 1.82) is 0 Å². The Labute approximate surface area is 82.6 Å². The number of aliphatic imine (C=N–C) groups is 1. The van der Waals surface area contributed by atoms with Crippen LogP contribution in [0.4, 0.5) is 5.69 Å². The van der Waals surface area contributed by atoms with Crippen LogP contribution in [0.5, 0.6) is 0 Å². The van der Waals surface area contributed by atoms with Gasteiger partial charge < -0.3 is 0 Å². The first kappa shape index (κ1) is 8.37. The minimum Gasteiger partial charge on any atom is -0.272 e. The molecule has 66 valence electrons. The van der Waals surface area contributed by atoms with Gasteiger partial charge in [-0.2, -0.15) is 0 Å². The Morgan fingerprint density at radius 1 is 1.54 bits per heavy atom. The summed E-state index contributed by atoms with van der Waals surface area (Å²) in [5, 5.41) is 10.4. The minimum absolute atomic E-state index is 0.121. The fourth-order valence-electron chi connectivity index (χ4n) is 1.27. The molecule has 0 aromatic heterocycles. The summed E-state index contributed by atoms with van der Waals surface area (Å²) in [6.07, 6.45) is 0. The summed E-state index contributed by atoms with van der Waals surface area (Å²) in [6.45, 7) is 0.525. The molecule has 1 aromatic rings. The second-order valence-electron chi connectivity index (χ2n) is 2.71. The topological polar surface area (TPSA) is 55.5 Å². The van der Waals surface area contributed by atoms with Gasteiger partial charge in [0, 0.05) is 17.7 Å². The highest BCUT2D eigenvalue weighted by atomic mass is 79.9. The quantitative estimate of drug-likeness (QED) is 0.559. The average Bonchev–Trinajstić information content (AvgIpc) is 2.47. The number of fused-ring (bicyclic) bond motifs is 1. The van der Waals surface area contributed by atoms with Gasteiger partial charge in [-0.05, 0) is 27.6 Å². The molecular weight excluding hydrogens is 236 g/mol. The summed E-state index contributed by atoms with van der Waals surface area (Å²) >= 11 is 3.28. The molecule has 2 rings (SSSR count). The van der Waals surface area contributed by atoms with E-state index < -0.39 is 4.92 Å². The van der Waals surface area contributed by atoms with Crippen LogP contribution in [0.15, 0.2) is 23.2 Å². The summed E-state index contributed by atoms with van der Waals surface area (Å²) in [4.78, 5) is 14.2. The van der Waals surface area contributed by atoms with E-state index in [0.29, 0.717) is 6.54 Å². The van der Waals surface area contributed by atoms with E-state index in [-0.39, 0.29) is 5.69 Å². The first-order valence-corrected chi connectivity index (χ1v) is 4.45. The van der Waals surface area contributed by atoms with Crippen molar-refractivity contribution in [1.82, 2.24) is 0 Å². The van der Waals surface area contributed by atoms with Crippen molar-refractivity contribution in [3.05, 3.63) is 39.4 Å². The standard InChI is InChI=1S/C8H5BrN2O2/c9-8-7-2-1-6(11(12)13)3-5(7)4-10-8/h1-3H,4H2. The molecule has 0 unspecified atom stereocenters. The molecular formula is C8H5BrN2O2. The number of nitro groups is 1. The molecule has 0 spiro atoms. The monoisotopic (exact) mass is 240 g/mol. The van der Waals surface area contributed by atoms with Gasteiger partial charge in [-0.3, -0.25) is 15.1 Å². The van der Waals surface area contributed by atoms with E-state index in [9.17, 15) is 10.1 Å². The molecule has 0 aliphatic carbocycles. The number of halogens is 1. The molecule has 0 N–H and O–H groups in total. The van der Waals surface area contributed by atoms with Crippen LogP contribution >= 0.6 is 15.9 Å². The molecule has 1 aliphatic rings. The predicted octanol–water partition coefficient (Wildman–Crippen LogP) is 2.25. The van der Waals surface area contributed by atoms with Crippen molar-refractivity contribution in [2.75, 3.05) is 0 Å². The van der Waals surface area contributed by atoms with E-state index in [1.54, 1.807) is 12.1 Å². The van der Waals surface area contributed by atoms with E-state index in [4.69, 9.17) is 0 Å². The van der Waals surface area contributed by atoms with Gasteiger partial charge in [-0.1, -0.05) is 0 Å². The van der Waals surface area contributed by atoms with Crippen LogP contribution in [0.3, 0.4) is 0 Å². The van der Waals surface area contributed by atoms with Gasteiger partial charge in [-0.15, -0.1) is 0 Å². The largest absolute Gasteiger partial charge is 0.272 e. The van der Waals surface area contributed by atoms with Crippen LogP contribution in [0, 0.1) is 10.1 Å². The number of nitro benzene ring substituents is 1. The van der Waals surface area contributed by atoms with Gasteiger partial charge in [0.15, 0.2) is 0 Å². The second-order valence-corrected chi connectivity index (χ2v) is 3.46. The molecule has 4 nitrogen and oxygen atoms in total. The summed E-state index contributed by atoms with van der Waals surface area (Å²) in [7, 11) is 0. The third-order valence-corrected chi connectivity index (χ3v) is 2.59. The number of benzene rings is 1. The third kappa shape index (κ3) is 1.35. The van der Waals surface area contributed by atoms with Crippen molar-refractivity contribution in [2.24, 2.45) is 4.99 Å². The van der Waals surface area contributed by atoms with E-state index >= 15 is 0 Å². The van der Waals surface area contributed by atoms with Crippen molar-refractivity contribution >= 4 is 26.2 Å². The summed E-state index contributed by atoms with van der Waals surface area (Å²) in [5.41, 5.74) is 1.97. The fraction of sp³-hybridized carbons (Fsp3) is 0.125. The lowest BCUT2D eigenvalue weighted by atomic mass is 10.1. The van der Waals surface area contributed by atoms with E-state index in [1.807, 2.05) is 0 Å². The van der Waals surface area contributed by atoms with Crippen LogP contribution in [0.25, 0.3) is 0 Å². The van der Waals surface area contributed by atoms with Gasteiger partial charge in [0.25, 0.3) is 5.69 Å². The summed E-state index contributed by atoms with van der Waals surface area (Å²) < 4.78 is 0.775. The number of nitrogens with zero attached hydrogens (tertiary/aromatic N) is 2. The zero-order chi connectivity index (χ0) is 9.42. The molecule has 0 bridgehead atoms. The first-order valence-electron chi connectivity index (χ1n) is 3.66.